The maximum Gasteiger partial charge on any atom is 1.00 e. The van der Waals surface area contributed by atoms with E-state index >= 15 is 0 Å². The molecular formula is C12H13B3F12KO-3. The number of rotatable bonds is 1. The van der Waals surface area contributed by atoms with E-state index in [4.69, 9.17) is 0 Å². The van der Waals surface area contributed by atoms with Crippen molar-refractivity contribution >= 4 is 21.8 Å². The second-order valence-electron chi connectivity index (χ2n) is 4.22. The molecule has 0 aliphatic rings. The SMILES string of the molecule is F[B-](F)(F)F.F[B-](F)(F)F.F[B-](F)(F)F.O.[H-].[K+].c1ccc(-c2ccccc2)cc1. The first-order chi connectivity index (χ1) is 12.0. The zero-order valence-corrected chi connectivity index (χ0v) is 17.7. The van der Waals surface area contributed by atoms with Gasteiger partial charge in [-0.2, -0.15) is 0 Å². The Morgan fingerprint density at radius 2 is 0.552 bits per heavy atom. The van der Waals surface area contributed by atoms with Gasteiger partial charge in [-0.3, -0.25) is 0 Å². The second kappa shape index (κ2) is 17.1. The minimum atomic E-state index is -6.00. The molecule has 0 aliphatic heterocycles. The summed E-state index contributed by atoms with van der Waals surface area (Å²) >= 11 is 0. The van der Waals surface area contributed by atoms with Gasteiger partial charge in [0.25, 0.3) is 0 Å². The van der Waals surface area contributed by atoms with E-state index in [0.717, 1.165) is 0 Å². The van der Waals surface area contributed by atoms with Crippen LogP contribution >= 0.6 is 0 Å². The third kappa shape index (κ3) is 47.0. The quantitative estimate of drug-likeness (QED) is 0.449. The normalized spacial score (nSPS) is 10.2. The van der Waals surface area contributed by atoms with E-state index in [1.807, 2.05) is 12.1 Å². The molecule has 0 spiro atoms. The molecule has 0 saturated heterocycles. The van der Waals surface area contributed by atoms with Gasteiger partial charge in [0.15, 0.2) is 0 Å². The number of hydrogen-bond acceptors (Lipinski definition) is 0. The average molecular weight is 473 g/mol. The zero-order valence-electron chi connectivity index (χ0n) is 15.5. The maximum atomic E-state index is 9.75. The van der Waals surface area contributed by atoms with Crippen molar-refractivity contribution in [1.29, 1.82) is 0 Å². The summed E-state index contributed by atoms with van der Waals surface area (Å²) in [6.07, 6.45) is 0. The van der Waals surface area contributed by atoms with Crippen LogP contribution in [0.4, 0.5) is 51.8 Å². The molecule has 0 saturated carbocycles. The molecule has 0 fully saturated rings. The summed E-state index contributed by atoms with van der Waals surface area (Å²) in [4.78, 5) is 0. The van der Waals surface area contributed by atoms with Crippen LogP contribution in [0.15, 0.2) is 60.7 Å². The molecular weight excluding hydrogens is 460 g/mol. The Morgan fingerprint density at radius 3 is 0.690 bits per heavy atom. The fourth-order valence-electron chi connectivity index (χ4n) is 1.26. The van der Waals surface area contributed by atoms with Gasteiger partial charge in [0, 0.05) is 0 Å². The van der Waals surface area contributed by atoms with Gasteiger partial charge in [0.2, 0.25) is 0 Å². The van der Waals surface area contributed by atoms with Gasteiger partial charge in [0.1, 0.15) is 0 Å². The van der Waals surface area contributed by atoms with Gasteiger partial charge in [-0.1, -0.05) is 60.7 Å². The molecule has 0 bridgehead atoms. The Morgan fingerprint density at radius 1 is 0.414 bits per heavy atom. The van der Waals surface area contributed by atoms with E-state index in [0.29, 0.717) is 0 Å². The first kappa shape index (κ1) is 35.8. The summed E-state index contributed by atoms with van der Waals surface area (Å²) < 4.78 is 117. The Kier molecular flexibility index (Phi) is 21.1. The van der Waals surface area contributed by atoms with Crippen LogP contribution in [-0.4, -0.2) is 27.2 Å². The van der Waals surface area contributed by atoms with Crippen LogP contribution in [0.1, 0.15) is 1.43 Å². The molecule has 0 heterocycles. The number of hydrogen-bond donors (Lipinski definition) is 0. The van der Waals surface area contributed by atoms with Crippen molar-refractivity contribution < 1.29 is 110 Å². The predicted octanol–water partition coefficient (Wildman–Crippen LogP) is 3.55. The fraction of sp³-hybridized carbons (Fsp3) is 0. The van der Waals surface area contributed by atoms with Crippen molar-refractivity contribution in [3.05, 3.63) is 60.7 Å². The summed E-state index contributed by atoms with van der Waals surface area (Å²) in [5.74, 6) is 0. The van der Waals surface area contributed by atoms with Gasteiger partial charge < -0.3 is 58.7 Å². The smallest absolute Gasteiger partial charge is 1.00 e. The van der Waals surface area contributed by atoms with Gasteiger partial charge in [-0.25, -0.2) is 0 Å². The third-order valence-electron chi connectivity index (χ3n) is 1.88. The van der Waals surface area contributed by atoms with E-state index in [9.17, 15) is 51.8 Å². The van der Waals surface area contributed by atoms with Crippen molar-refractivity contribution in [2.45, 2.75) is 0 Å². The molecule has 0 unspecified atom stereocenters. The first-order valence-corrected chi connectivity index (χ1v) is 6.69. The standard InChI is InChI=1S/C12H10.3BF4.K.H2O.H/c1-3-7-11(8-4-1)12-9-5-2-6-10-12;3*2-1(3,4)5;;;/h1-10H;;;;;1H2;/q;3*-1;+1;;-1. The maximum absolute atomic E-state index is 9.75. The monoisotopic (exact) mass is 473 g/mol. The molecule has 0 aliphatic carbocycles. The van der Waals surface area contributed by atoms with Gasteiger partial charge >= 0.3 is 73.1 Å². The van der Waals surface area contributed by atoms with E-state index in [1.54, 1.807) is 0 Å². The predicted molar refractivity (Wildman–Crippen MR) is 87.2 cm³/mol. The summed E-state index contributed by atoms with van der Waals surface area (Å²) in [6, 6.07) is 20.8. The number of halogens is 12. The molecule has 2 N–H and O–H groups in total. The van der Waals surface area contributed by atoms with Gasteiger partial charge in [-0.05, 0) is 11.1 Å². The molecule has 1 nitrogen and oxygen atoms in total. The Bertz CT molecular complexity index is 530. The van der Waals surface area contributed by atoms with Crippen molar-refractivity contribution in [2.24, 2.45) is 0 Å². The Labute approximate surface area is 202 Å². The first-order valence-electron chi connectivity index (χ1n) is 6.69. The molecule has 2 aromatic rings. The molecule has 0 aromatic heterocycles. The van der Waals surface area contributed by atoms with Crippen LogP contribution in [-0.2, 0) is 0 Å². The van der Waals surface area contributed by atoms with E-state index in [-0.39, 0.29) is 58.3 Å². The van der Waals surface area contributed by atoms with Crippen LogP contribution in [0.25, 0.3) is 11.1 Å². The summed E-state index contributed by atoms with van der Waals surface area (Å²) in [6.45, 7) is 0. The van der Waals surface area contributed by atoms with Crippen molar-refractivity contribution in [1.82, 2.24) is 0 Å². The van der Waals surface area contributed by atoms with Crippen LogP contribution in [0.3, 0.4) is 0 Å². The fourth-order valence-corrected chi connectivity index (χ4v) is 1.26. The van der Waals surface area contributed by atoms with E-state index in [2.05, 4.69) is 48.5 Å². The van der Waals surface area contributed by atoms with Crippen LogP contribution in [0.5, 0.6) is 0 Å². The third-order valence-corrected chi connectivity index (χ3v) is 1.88. The molecule has 164 valence electrons. The summed E-state index contributed by atoms with van der Waals surface area (Å²) in [7, 11) is -18.0. The zero-order chi connectivity index (χ0) is 21.7. The minimum absolute atomic E-state index is 0. The topological polar surface area (TPSA) is 31.5 Å². The van der Waals surface area contributed by atoms with Crippen molar-refractivity contribution in [3.63, 3.8) is 0 Å². The van der Waals surface area contributed by atoms with Crippen molar-refractivity contribution in [3.8, 4) is 11.1 Å². The van der Waals surface area contributed by atoms with E-state index in [1.165, 1.54) is 11.1 Å². The molecule has 0 atom stereocenters. The van der Waals surface area contributed by atoms with E-state index < -0.39 is 21.8 Å². The summed E-state index contributed by atoms with van der Waals surface area (Å²) in [5, 5.41) is 0. The molecule has 2 aromatic carbocycles. The molecule has 17 heteroatoms. The average Bonchev–Trinajstić information content (AvgIpc) is 2.44. The van der Waals surface area contributed by atoms with Crippen LogP contribution in [0.2, 0.25) is 0 Å². The van der Waals surface area contributed by atoms with Crippen molar-refractivity contribution in [2.75, 3.05) is 0 Å². The number of benzene rings is 2. The second-order valence-corrected chi connectivity index (χ2v) is 4.22. The molecule has 29 heavy (non-hydrogen) atoms. The van der Waals surface area contributed by atoms with Gasteiger partial charge in [-0.15, -0.1) is 0 Å². The largest absolute Gasteiger partial charge is 1.00 e. The van der Waals surface area contributed by atoms with Crippen LogP contribution in [0, 0.1) is 0 Å². The minimum Gasteiger partial charge on any atom is -1.00 e. The van der Waals surface area contributed by atoms with Crippen LogP contribution < -0.4 is 51.4 Å². The Balaban J connectivity index is -0.000000100. The molecule has 0 radical (unpaired) electrons. The molecule has 0 amide bonds. The molecule has 2 rings (SSSR count). The summed E-state index contributed by atoms with van der Waals surface area (Å²) in [5.41, 5.74) is 2.55. The van der Waals surface area contributed by atoms with Gasteiger partial charge in [0.05, 0.1) is 0 Å². The Hall–Kier alpha value is -0.609.